The van der Waals surface area contributed by atoms with Gasteiger partial charge in [-0.15, -0.1) is 0 Å². The molecule has 2 aromatic carbocycles. The molecule has 0 aliphatic carbocycles. The van der Waals surface area contributed by atoms with Crippen molar-refractivity contribution in [1.29, 1.82) is 0 Å². The Morgan fingerprint density at radius 1 is 1.18 bits per heavy atom. The average Bonchev–Trinajstić information content (AvgIpc) is 2.47. The van der Waals surface area contributed by atoms with Crippen LogP contribution in [0.3, 0.4) is 0 Å². The van der Waals surface area contributed by atoms with Crippen molar-refractivity contribution in [3.05, 3.63) is 59.7 Å². The molecule has 0 atom stereocenters. The summed E-state index contributed by atoms with van der Waals surface area (Å²) in [4.78, 5) is 14.1. The van der Waals surface area contributed by atoms with E-state index in [0.29, 0.717) is 13.1 Å². The number of hydrogen-bond donors (Lipinski definition) is 1. The Morgan fingerprint density at radius 2 is 1.95 bits per heavy atom. The second-order valence-corrected chi connectivity index (χ2v) is 5.40. The van der Waals surface area contributed by atoms with Crippen molar-refractivity contribution < 1.29 is 9.53 Å². The van der Waals surface area contributed by atoms with Gasteiger partial charge in [0, 0.05) is 17.8 Å². The minimum absolute atomic E-state index is 0.0250. The van der Waals surface area contributed by atoms with Crippen molar-refractivity contribution >= 4 is 11.6 Å². The van der Waals surface area contributed by atoms with Gasteiger partial charge >= 0.3 is 0 Å². The molecule has 0 radical (unpaired) electrons. The molecule has 1 amide bonds. The molecular formula is C18H22N2O2. The number of carbonyl (C=O) groups is 1. The molecule has 1 N–H and O–H groups in total. The molecule has 22 heavy (non-hydrogen) atoms. The molecule has 0 saturated carbocycles. The van der Waals surface area contributed by atoms with Crippen LogP contribution < -0.4 is 10.1 Å². The van der Waals surface area contributed by atoms with E-state index in [0.717, 1.165) is 22.6 Å². The van der Waals surface area contributed by atoms with Crippen molar-refractivity contribution in [1.82, 2.24) is 4.90 Å². The number of anilines is 1. The molecule has 0 heterocycles. The van der Waals surface area contributed by atoms with E-state index in [2.05, 4.69) is 5.32 Å². The van der Waals surface area contributed by atoms with Crippen LogP contribution >= 0.6 is 0 Å². The first kappa shape index (κ1) is 16.0. The van der Waals surface area contributed by atoms with Crippen LogP contribution in [-0.2, 0) is 11.3 Å². The summed E-state index contributed by atoms with van der Waals surface area (Å²) in [6.07, 6.45) is 0. The second kappa shape index (κ2) is 7.61. The van der Waals surface area contributed by atoms with Gasteiger partial charge in [0.2, 0.25) is 5.91 Å². The molecule has 4 heteroatoms. The van der Waals surface area contributed by atoms with Gasteiger partial charge in [-0.05, 0) is 37.7 Å². The van der Waals surface area contributed by atoms with Gasteiger partial charge in [-0.25, -0.2) is 0 Å². The highest BCUT2D eigenvalue weighted by atomic mass is 16.5. The molecule has 0 aliphatic rings. The van der Waals surface area contributed by atoms with E-state index in [1.54, 1.807) is 7.11 Å². The second-order valence-electron chi connectivity index (χ2n) is 5.40. The summed E-state index contributed by atoms with van der Waals surface area (Å²) in [5, 5.41) is 2.92. The molecule has 0 aromatic heterocycles. The number of likely N-dealkylation sites (N-methyl/N-ethyl adjacent to an activating group) is 1. The zero-order valence-electron chi connectivity index (χ0n) is 13.3. The quantitative estimate of drug-likeness (QED) is 0.891. The van der Waals surface area contributed by atoms with Gasteiger partial charge in [0.05, 0.1) is 13.7 Å². The van der Waals surface area contributed by atoms with E-state index in [1.807, 2.05) is 67.4 Å². The van der Waals surface area contributed by atoms with Gasteiger partial charge < -0.3 is 10.1 Å². The lowest BCUT2D eigenvalue weighted by Gasteiger charge is -2.18. The first-order chi connectivity index (χ1) is 10.6. The third kappa shape index (κ3) is 4.60. The number of hydrogen-bond acceptors (Lipinski definition) is 3. The van der Waals surface area contributed by atoms with Crippen molar-refractivity contribution in [2.24, 2.45) is 0 Å². The fraction of sp³-hybridized carbons (Fsp3) is 0.278. The predicted octanol–water partition coefficient (Wildman–Crippen LogP) is 3.07. The van der Waals surface area contributed by atoms with E-state index in [9.17, 15) is 4.79 Å². The number of ether oxygens (including phenoxy) is 1. The van der Waals surface area contributed by atoms with Crippen molar-refractivity contribution in [2.45, 2.75) is 13.5 Å². The average molecular weight is 298 g/mol. The van der Waals surface area contributed by atoms with E-state index >= 15 is 0 Å². The first-order valence-corrected chi connectivity index (χ1v) is 7.25. The van der Waals surface area contributed by atoms with E-state index < -0.39 is 0 Å². The summed E-state index contributed by atoms with van der Waals surface area (Å²) in [7, 11) is 3.57. The molecule has 0 unspecified atom stereocenters. The molecule has 4 nitrogen and oxygen atoms in total. The summed E-state index contributed by atoms with van der Waals surface area (Å²) in [6, 6.07) is 15.6. The number of amides is 1. The lowest BCUT2D eigenvalue weighted by molar-refractivity contribution is -0.117. The van der Waals surface area contributed by atoms with E-state index in [1.165, 1.54) is 0 Å². The molecular weight excluding hydrogens is 276 g/mol. The molecule has 0 aliphatic heterocycles. The van der Waals surface area contributed by atoms with Crippen molar-refractivity contribution in [3.63, 3.8) is 0 Å². The first-order valence-electron chi connectivity index (χ1n) is 7.25. The van der Waals surface area contributed by atoms with E-state index in [-0.39, 0.29) is 5.91 Å². The van der Waals surface area contributed by atoms with Crippen LogP contribution in [0.1, 0.15) is 11.1 Å². The smallest absolute Gasteiger partial charge is 0.238 e. The highest BCUT2D eigenvalue weighted by molar-refractivity contribution is 5.92. The Bertz CT molecular complexity index is 640. The Balaban J connectivity index is 1.91. The number of carbonyl (C=O) groups excluding carboxylic acids is 1. The monoisotopic (exact) mass is 298 g/mol. The number of aryl methyl sites for hydroxylation is 1. The maximum absolute atomic E-state index is 12.1. The van der Waals surface area contributed by atoms with Gasteiger partial charge in [-0.1, -0.05) is 30.3 Å². The zero-order chi connectivity index (χ0) is 15.9. The third-order valence-electron chi connectivity index (χ3n) is 3.35. The number of para-hydroxylation sites is 1. The molecule has 0 fully saturated rings. The molecule has 2 aromatic rings. The van der Waals surface area contributed by atoms with Gasteiger partial charge in [-0.2, -0.15) is 0 Å². The third-order valence-corrected chi connectivity index (χ3v) is 3.35. The summed E-state index contributed by atoms with van der Waals surface area (Å²) >= 11 is 0. The van der Waals surface area contributed by atoms with Crippen molar-refractivity contribution in [2.75, 3.05) is 26.0 Å². The normalized spacial score (nSPS) is 10.5. The number of methoxy groups -OCH3 is 1. The highest BCUT2D eigenvalue weighted by Gasteiger charge is 2.10. The van der Waals surface area contributed by atoms with Gasteiger partial charge in [0.25, 0.3) is 0 Å². The fourth-order valence-electron chi connectivity index (χ4n) is 2.35. The topological polar surface area (TPSA) is 41.6 Å². The number of nitrogens with zero attached hydrogens (tertiary/aromatic N) is 1. The largest absolute Gasteiger partial charge is 0.496 e. The summed E-state index contributed by atoms with van der Waals surface area (Å²) in [5.74, 6) is 0.816. The predicted molar refractivity (Wildman–Crippen MR) is 89.1 cm³/mol. The molecule has 2 rings (SSSR count). The van der Waals surface area contributed by atoms with Crippen LogP contribution in [0.15, 0.2) is 48.5 Å². The SMILES string of the molecule is COc1ccccc1CN(C)CC(=O)Nc1cccc(C)c1. The minimum atomic E-state index is -0.0250. The molecule has 116 valence electrons. The van der Waals surface area contributed by atoms with Crippen molar-refractivity contribution in [3.8, 4) is 5.75 Å². The maximum atomic E-state index is 12.1. The number of rotatable bonds is 6. The lowest BCUT2D eigenvalue weighted by Crippen LogP contribution is -2.30. The highest BCUT2D eigenvalue weighted by Crippen LogP contribution is 2.18. The van der Waals surface area contributed by atoms with Gasteiger partial charge in [0.1, 0.15) is 5.75 Å². The Kier molecular flexibility index (Phi) is 5.55. The number of nitrogens with one attached hydrogen (secondary N) is 1. The van der Waals surface area contributed by atoms with Crippen LogP contribution in [0, 0.1) is 6.92 Å². The van der Waals surface area contributed by atoms with Gasteiger partial charge in [0.15, 0.2) is 0 Å². The molecule has 0 saturated heterocycles. The Labute approximate surface area is 131 Å². The fourth-order valence-corrected chi connectivity index (χ4v) is 2.35. The zero-order valence-corrected chi connectivity index (χ0v) is 13.3. The summed E-state index contributed by atoms with van der Waals surface area (Å²) < 4.78 is 5.33. The Hall–Kier alpha value is -2.33. The Morgan fingerprint density at radius 3 is 2.68 bits per heavy atom. The molecule has 0 spiro atoms. The van der Waals surface area contributed by atoms with Crippen LogP contribution in [0.2, 0.25) is 0 Å². The molecule has 0 bridgehead atoms. The van der Waals surface area contributed by atoms with E-state index in [4.69, 9.17) is 4.74 Å². The summed E-state index contributed by atoms with van der Waals surface area (Å²) in [6.45, 7) is 2.99. The van der Waals surface area contributed by atoms with Crippen LogP contribution in [0.25, 0.3) is 0 Å². The number of benzene rings is 2. The van der Waals surface area contributed by atoms with Crippen LogP contribution in [0.5, 0.6) is 5.75 Å². The standard InChI is InChI=1S/C18H22N2O2/c1-14-7-6-9-16(11-14)19-18(21)13-20(2)12-15-8-4-5-10-17(15)22-3/h4-11H,12-13H2,1-3H3,(H,19,21). The van der Waals surface area contributed by atoms with Gasteiger partial charge in [-0.3, -0.25) is 9.69 Å². The van der Waals surface area contributed by atoms with Crippen LogP contribution in [0.4, 0.5) is 5.69 Å². The van der Waals surface area contributed by atoms with Crippen LogP contribution in [-0.4, -0.2) is 31.5 Å². The maximum Gasteiger partial charge on any atom is 0.238 e. The summed E-state index contributed by atoms with van der Waals surface area (Å²) in [5.41, 5.74) is 3.02. The minimum Gasteiger partial charge on any atom is -0.496 e. The lowest BCUT2D eigenvalue weighted by atomic mass is 10.2.